The Morgan fingerprint density at radius 2 is 1.50 bits per heavy atom. The summed E-state index contributed by atoms with van der Waals surface area (Å²) in [5, 5.41) is 5.39. The standard InChI is InChI=1S/C33H28N2O3S2/c1-40(37,38)35(30-12-5-6-13-31(30)39-27-9-3-2-4-10-27)22-23-14-16-26(17-15-23)33(36)34-29-21-20-25-19-18-24-8-7-11-28(29)32(24)25/h2-17,20-21H,18-19,22H2,1H3,(H,34,36). The summed E-state index contributed by atoms with van der Waals surface area (Å²) >= 11 is 1.52. The second-order valence-electron chi connectivity index (χ2n) is 9.92. The van der Waals surface area contributed by atoms with Crippen LogP contribution in [0.15, 0.2) is 119 Å². The van der Waals surface area contributed by atoms with Crippen LogP contribution < -0.4 is 9.62 Å². The summed E-state index contributed by atoms with van der Waals surface area (Å²) in [5.41, 5.74) is 5.36. The molecule has 0 radical (unpaired) electrons. The summed E-state index contributed by atoms with van der Waals surface area (Å²) in [7, 11) is -3.58. The minimum Gasteiger partial charge on any atom is -0.321 e. The molecule has 5 nitrogen and oxygen atoms in total. The highest BCUT2D eigenvalue weighted by Crippen LogP contribution is 2.37. The number of nitrogens with one attached hydrogen (secondary N) is 1. The van der Waals surface area contributed by atoms with Crippen LogP contribution in [0.25, 0.3) is 10.8 Å². The van der Waals surface area contributed by atoms with E-state index in [1.807, 2.05) is 78.9 Å². The monoisotopic (exact) mass is 564 g/mol. The van der Waals surface area contributed by atoms with Crippen molar-refractivity contribution in [2.24, 2.45) is 0 Å². The largest absolute Gasteiger partial charge is 0.321 e. The van der Waals surface area contributed by atoms with Gasteiger partial charge in [-0.15, -0.1) is 0 Å². The van der Waals surface area contributed by atoms with E-state index in [1.165, 1.54) is 38.8 Å². The third kappa shape index (κ3) is 5.35. The molecule has 1 amide bonds. The highest BCUT2D eigenvalue weighted by Gasteiger charge is 2.22. The van der Waals surface area contributed by atoms with Crippen molar-refractivity contribution in [2.75, 3.05) is 15.9 Å². The van der Waals surface area contributed by atoms with Crippen molar-refractivity contribution >= 4 is 49.8 Å². The summed E-state index contributed by atoms with van der Waals surface area (Å²) in [6.07, 6.45) is 3.29. The molecule has 7 heteroatoms. The van der Waals surface area contributed by atoms with Crippen LogP contribution in [0, 0.1) is 0 Å². The van der Waals surface area contributed by atoms with Gasteiger partial charge in [0.15, 0.2) is 0 Å². The number of amides is 1. The highest BCUT2D eigenvalue weighted by molar-refractivity contribution is 7.99. The lowest BCUT2D eigenvalue weighted by Gasteiger charge is -2.25. The molecule has 0 heterocycles. The molecule has 0 unspecified atom stereocenters. The molecule has 6 rings (SSSR count). The zero-order valence-corrected chi connectivity index (χ0v) is 23.6. The van der Waals surface area contributed by atoms with Gasteiger partial charge in [0.05, 0.1) is 18.5 Å². The molecule has 0 saturated carbocycles. The van der Waals surface area contributed by atoms with Crippen LogP contribution in [0.5, 0.6) is 0 Å². The minimum atomic E-state index is -3.58. The summed E-state index contributed by atoms with van der Waals surface area (Å²) in [5.74, 6) is -0.199. The van der Waals surface area contributed by atoms with Crippen molar-refractivity contribution in [2.45, 2.75) is 29.2 Å². The lowest BCUT2D eigenvalue weighted by molar-refractivity contribution is 0.102. The van der Waals surface area contributed by atoms with Crippen molar-refractivity contribution in [3.05, 3.63) is 131 Å². The molecule has 40 heavy (non-hydrogen) atoms. The van der Waals surface area contributed by atoms with Crippen molar-refractivity contribution in [3.63, 3.8) is 0 Å². The Hall–Kier alpha value is -4.07. The summed E-state index contributed by atoms with van der Waals surface area (Å²) in [4.78, 5) is 15.0. The maximum atomic E-state index is 13.2. The summed E-state index contributed by atoms with van der Waals surface area (Å²) in [6, 6.07) is 34.8. The SMILES string of the molecule is CS(=O)(=O)N(Cc1ccc(C(=O)Nc2ccc3c4c(cccc24)CC3)cc1)c1ccccc1Sc1ccccc1. The number of aryl methyl sites for hydroxylation is 2. The zero-order chi connectivity index (χ0) is 27.7. The molecule has 1 N–H and O–H groups in total. The van der Waals surface area contributed by atoms with Crippen LogP contribution >= 0.6 is 11.8 Å². The molecule has 5 aromatic carbocycles. The molecule has 0 aliphatic heterocycles. The van der Waals surface area contributed by atoms with Crippen LogP contribution in [0.1, 0.15) is 27.0 Å². The topological polar surface area (TPSA) is 66.5 Å². The molecule has 0 fully saturated rings. The van der Waals surface area contributed by atoms with E-state index in [0.29, 0.717) is 11.3 Å². The van der Waals surface area contributed by atoms with Crippen molar-refractivity contribution in [3.8, 4) is 0 Å². The van der Waals surface area contributed by atoms with E-state index in [2.05, 4.69) is 23.5 Å². The zero-order valence-electron chi connectivity index (χ0n) is 22.0. The van der Waals surface area contributed by atoms with Gasteiger partial charge < -0.3 is 5.32 Å². The average molecular weight is 565 g/mol. The fourth-order valence-electron chi connectivity index (χ4n) is 5.22. The van der Waals surface area contributed by atoms with E-state index in [1.54, 1.807) is 12.1 Å². The predicted octanol–water partition coefficient (Wildman–Crippen LogP) is 7.31. The smallest absolute Gasteiger partial charge is 0.255 e. The van der Waals surface area contributed by atoms with Gasteiger partial charge in [0.25, 0.3) is 5.91 Å². The molecular formula is C33H28N2O3S2. The Balaban J connectivity index is 1.23. The van der Waals surface area contributed by atoms with Crippen LogP contribution in [-0.4, -0.2) is 20.6 Å². The van der Waals surface area contributed by atoms with Gasteiger partial charge in [-0.25, -0.2) is 8.42 Å². The molecule has 0 atom stereocenters. The van der Waals surface area contributed by atoms with Gasteiger partial charge >= 0.3 is 0 Å². The Morgan fingerprint density at radius 3 is 2.25 bits per heavy atom. The number of benzene rings is 5. The van der Waals surface area contributed by atoms with E-state index in [4.69, 9.17) is 0 Å². The Labute approximate surface area is 238 Å². The number of carbonyl (C=O) groups is 1. The molecular weight excluding hydrogens is 537 g/mol. The first-order chi connectivity index (χ1) is 19.4. The molecule has 0 saturated heterocycles. The third-order valence-electron chi connectivity index (χ3n) is 7.17. The van der Waals surface area contributed by atoms with Gasteiger partial charge in [-0.1, -0.05) is 78.5 Å². The fraction of sp³-hybridized carbons (Fsp3) is 0.121. The van der Waals surface area contributed by atoms with E-state index >= 15 is 0 Å². The first-order valence-corrected chi connectivity index (χ1v) is 15.8. The number of nitrogens with zero attached hydrogens (tertiary/aromatic N) is 1. The maximum absolute atomic E-state index is 13.2. The van der Waals surface area contributed by atoms with Crippen LogP contribution in [0.4, 0.5) is 11.4 Å². The first-order valence-electron chi connectivity index (χ1n) is 13.1. The number of carbonyl (C=O) groups excluding carboxylic acids is 1. The van der Waals surface area contributed by atoms with Crippen LogP contribution in [0.2, 0.25) is 0 Å². The van der Waals surface area contributed by atoms with Gasteiger partial charge in [-0.3, -0.25) is 9.10 Å². The average Bonchev–Trinajstić information content (AvgIpc) is 3.38. The minimum absolute atomic E-state index is 0.155. The third-order valence-corrected chi connectivity index (χ3v) is 9.37. The molecule has 0 spiro atoms. The second kappa shape index (κ2) is 10.8. The van der Waals surface area contributed by atoms with Gasteiger partial charge in [-0.2, -0.15) is 0 Å². The Kier molecular flexibility index (Phi) is 7.09. The lowest BCUT2D eigenvalue weighted by atomic mass is 10.0. The van der Waals surface area contributed by atoms with Gasteiger partial charge in [0.2, 0.25) is 10.0 Å². The van der Waals surface area contributed by atoms with E-state index in [-0.39, 0.29) is 12.5 Å². The molecule has 200 valence electrons. The lowest BCUT2D eigenvalue weighted by Crippen LogP contribution is -2.29. The number of rotatable bonds is 8. The Bertz CT molecular complexity index is 1810. The molecule has 0 aromatic heterocycles. The fourth-order valence-corrected chi connectivity index (χ4v) is 7.16. The number of sulfonamides is 1. The van der Waals surface area contributed by atoms with Gasteiger partial charge in [0, 0.05) is 26.4 Å². The maximum Gasteiger partial charge on any atom is 0.255 e. The van der Waals surface area contributed by atoms with Crippen LogP contribution in [0.3, 0.4) is 0 Å². The Morgan fingerprint density at radius 1 is 0.800 bits per heavy atom. The normalized spacial score (nSPS) is 12.4. The van der Waals surface area contributed by atoms with Crippen LogP contribution in [-0.2, 0) is 29.4 Å². The highest BCUT2D eigenvalue weighted by atomic mass is 32.2. The van der Waals surface area contributed by atoms with E-state index < -0.39 is 10.0 Å². The van der Waals surface area contributed by atoms with Gasteiger partial charge in [0.1, 0.15) is 0 Å². The molecule has 5 aromatic rings. The number of hydrogen-bond donors (Lipinski definition) is 1. The number of para-hydroxylation sites is 1. The predicted molar refractivity (Wildman–Crippen MR) is 164 cm³/mol. The molecule has 1 aliphatic rings. The van der Waals surface area contributed by atoms with E-state index in [9.17, 15) is 13.2 Å². The van der Waals surface area contributed by atoms with Crippen molar-refractivity contribution in [1.82, 2.24) is 0 Å². The quantitative estimate of drug-likeness (QED) is 0.215. The number of hydrogen-bond acceptors (Lipinski definition) is 4. The summed E-state index contributed by atoms with van der Waals surface area (Å²) < 4.78 is 27.3. The summed E-state index contributed by atoms with van der Waals surface area (Å²) in [6.45, 7) is 0.155. The van der Waals surface area contributed by atoms with Crippen molar-refractivity contribution < 1.29 is 13.2 Å². The van der Waals surface area contributed by atoms with Crippen molar-refractivity contribution in [1.29, 1.82) is 0 Å². The van der Waals surface area contributed by atoms with Gasteiger partial charge in [-0.05, 0) is 77.4 Å². The first kappa shape index (κ1) is 26.2. The number of anilines is 2. The molecule has 0 bridgehead atoms. The van der Waals surface area contributed by atoms with E-state index in [0.717, 1.165) is 39.3 Å². The molecule has 1 aliphatic carbocycles. The second-order valence-corrected chi connectivity index (χ2v) is 12.9.